The fraction of sp³-hybridized carbons (Fsp3) is 0.200. The van der Waals surface area contributed by atoms with Gasteiger partial charge in [-0.25, -0.2) is 4.98 Å². The van der Waals surface area contributed by atoms with Gasteiger partial charge in [0.1, 0.15) is 5.75 Å². The average Bonchev–Trinajstić information content (AvgIpc) is 3.00. The SMILES string of the molecule is CCc1ccc(OCC(=O)Nc2nc(-c3cccc(Cl)c3)c(C)s2)cc1. The molecule has 0 spiro atoms. The lowest BCUT2D eigenvalue weighted by Gasteiger charge is -2.06. The highest BCUT2D eigenvalue weighted by molar-refractivity contribution is 7.16. The Balaban J connectivity index is 1.61. The molecule has 1 N–H and O–H groups in total. The molecule has 4 nitrogen and oxygen atoms in total. The zero-order valence-corrected chi connectivity index (χ0v) is 16.2. The average molecular weight is 387 g/mol. The first-order chi connectivity index (χ1) is 12.5. The second kappa shape index (κ2) is 8.34. The lowest BCUT2D eigenvalue weighted by Crippen LogP contribution is -2.20. The van der Waals surface area contributed by atoms with Gasteiger partial charge in [0, 0.05) is 15.5 Å². The van der Waals surface area contributed by atoms with E-state index in [0.29, 0.717) is 15.9 Å². The van der Waals surface area contributed by atoms with Gasteiger partial charge in [0.2, 0.25) is 0 Å². The highest BCUT2D eigenvalue weighted by atomic mass is 35.5. The topological polar surface area (TPSA) is 51.2 Å². The third-order valence-corrected chi connectivity index (χ3v) is 4.96. The number of carbonyl (C=O) groups excluding carboxylic acids is 1. The standard InChI is InChI=1S/C20H19ClN2O2S/c1-3-14-7-9-17(10-8-14)25-12-18(24)22-20-23-19(13(2)26-20)15-5-4-6-16(21)11-15/h4-11H,3,12H2,1-2H3,(H,22,23,24). The molecule has 0 aliphatic heterocycles. The van der Waals surface area contributed by atoms with Gasteiger partial charge in [-0.3, -0.25) is 10.1 Å². The number of ether oxygens (including phenoxy) is 1. The van der Waals surface area contributed by atoms with E-state index in [2.05, 4.69) is 17.2 Å². The van der Waals surface area contributed by atoms with Crippen molar-refractivity contribution < 1.29 is 9.53 Å². The van der Waals surface area contributed by atoms with E-state index >= 15 is 0 Å². The summed E-state index contributed by atoms with van der Waals surface area (Å²) in [4.78, 5) is 17.7. The third kappa shape index (κ3) is 4.62. The first-order valence-electron chi connectivity index (χ1n) is 8.30. The monoisotopic (exact) mass is 386 g/mol. The lowest BCUT2D eigenvalue weighted by atomic mass is 10.1. The van der Waals surface area contributed by atoms with Crippen LogP contribution in [0.25, 0.3) is 11.3 Å². The van der Waals surface area contributed by atoms with E-state index in [1.165, 1.54) is 16.9 Å². The lowest BCUT2D eigenvalue weighted by molar-refractivity contribution is -0.118. The summed E-state index contributed by atoms with van der Waals surface area (Å²) in [5, 5.41) is 3.99. The number of halogens is 1. The summed E-state index contributed by atoms with van der Waals surface area (Å²) in [6, 6.07) is 15.2. The van der Waals surface area contributed by atoms with E-state index in [1.807, 2.05) is 55.5 Å². The first-order valence-corrected chi connectivity index (χ1v) is 9.49. The number of aryl methyl sites for hydroxylation is 2. The number of rotatable bonds is 6. The molecule has 0 saturated heterocycles. The van der Waals surface area contributed by atoms with E-state index in [0.717, 1.165) is 22.6 Å². The summed E-state index contributed by atoms with van der Waals surface area (Å²) >= 11 is 7.47. The summed E-state index contributed by atoms with van der Waals surface area (Å²) in [5.74, 6) is 0.434. The highest BCUT2D eigenvalue weighted by Gasteiger charge is 2.13. The van der Waals surface area contributed by atoms with Gasteiger partial charge >= 0.3 is 0 Å². The molecule has 0 fully saturated rings. The summed E-state index contributed by atoms with van der Waals surface area (Å²) in [6.45, 7) is 4.00. The van der Waals surface area contributed by atoms with Gasteiger partial charge in [0.05, 0.1) is 5.69 Å². The quantitative estimate of drug-likeness (QED) is 0.621. The predicted octanol–water partition coefficient (Wildman–Crippen LogP) is 5.35. The molecule has 0 saturated carbocycles. The predicted molar refractivity (Wildman–Crippen MR) is 107 cm³/mol. The van der Waals surface area contributed by atoms with Crippen LogP contribution in [0.3, 0.4) is 0 Å². The highest BCUT2D eigenvalue weighted by Crippen LogP contribution is 2.31. The van der Waals surface area contributed by atoms with Crippen LogP contribution in [0.2, 0.25) is 5.02 Å². The Kier molecular flexibility index (Phi) is 5.91. The number of hydrogen-bond donors (Lipinski definition) is 1. The molecule has 0 atom stereocenters. The van der Waals surface area contributed by atoms with E-state index < -0.39 is 0 Å². The van der Waals surface area contributed by atoms with E-state index in [4.69, 9.17) is 16.3 Å². The fourth-order valence-corrected chi connectivity index (χ4v) is 3.52. The molecule has 1 amide bonds. The Morgan fingerprint density at radius 3 is 2.69 bits per heavy atom. The number of hydrogen-bond acceptors (Lipinski definition) is 4. The molecule has 26 heavy (non-hydrogen) atoms. The molecule has 3 aromatic rings. The Labute approximate surface area is 161 Å². The number of benzene rings is 2. The smallest absolute Gasteiger partial charge is 0.264 e. The Morgan fingerprint density at radius 1 is 1.23 bits per heavy atom. The van der Waals surface area contributed by atoms with E-state index in [-0.39, 0.29) is 12.5 Å². The van der Waals surface area contributed by atoms with Gasteiger partial charge in [0.15, 0.2) is 11.7 Å². The van der Waals surface area contributed by atoms with Crippen molar-refractivity contribution in [1.29, 1.82) is 0 Å². The Bertz CT molecular complexity index is 906. The van der Waals surface area contributed by atoms with E-state index in [9.17, 15) is 4.79 Å². The number of aromatic nitrogens is 1. The molecule has 0 unspecified atom stereocenters. The van der Waals surface area contributed by atoms with Crippen molar-refractivity contribution in [2.24, 2.45) is 0 Å². The minimum absolute atomic E-state index is 0.0589. The Hall–Kier alpha value is -2.37. The zero-order chi connectivity index (χ0) is 18.5. The minimum atomic E-state index is -0.240. The molecular formula is C20H19ClN2O2S. The number of nitrogens with one attached hydrogen (secondary N) is 1. The number of carbonyl (C=O) groups is 1. The van der Waals surface area contributed by atoms with Gasteiger partial charge in [-0.15, -0.1) is 11.3 Å². The van der Waals surface area contributed by atoms with Crippen molar-refractivity contribution in [2.75, 3.05) is 11.9 Å². The van der Waals surface area contributed by atoms with Crippen LogP contribution in [-0.2, 0) is 11.2 Å². The molecule has 134 valence electrons. The van der Waals surface area contributed by atoms with Crippen LogP contribution in [-0.4, -0.2) is 17.5 Å². The maximum atomic E-state index is 12.1. The van der Waals surface area contributed by atoms with Crippen molar-refractivity contribution in [1.82, 2.24) is 4.98 Å². The van der Waals surface area contributed by atoms with E-state index in [1.54, 1.807) is 0 Å². The molecule has 2 aromatic carbocycles. The fourth-order valence-electron chi connectivity index (χ4n) is 2.48. The second-order valence-corrected chi connectivity index (χ2v) is 7.41. The van der Waals surface area contributed by atoms with Crippen molar-refractivity contribution in [2.45, 2.75) is 20.3 Å². The normalized spacial score (nSPS) is 10.6. The largest absolute Gasteiger partial charge is 0.484 e. The maximum absolute atomic E-state index is 12.1. The van der Waals surface area contributed by atoms with Crippen molar-refractivity contribution in [3.05, 3.63) is 64.0 Å². The summed E-state index contributed by atoms with van der Waals surface area (Å²) < 4.78 is 5.52. The van der Waals surface area contributed by atoms with Crippen LogP contribution < -0.4 is 10.1 Å². The third-order valence-electron chi connectivity index (χ3n) is 3.84. The molecule has 0 radical (unpaired) electrons. The van der Waals surface area contributed by atoms with Crippen LogP contribution in [0.15, 0.2) is 48.5 Å². The number of amides is 1. The molecule has 1 heterocycles. The maximum Gasteiger partial charge on any atom is 0.264 e. The second-order valence-electron chi connectivity index (χ2n) is 5.77. The van der Waals surface area contributed by atoms with Crippen molar-refractivity contribution in [3.63, 3.8) is 0 Å². The molecular weight excluding hydrogens is 368 g/mol. The Morgan fingerprint density at radius 2 is 2.00 bits per heavy atom. The van der Waals surface area contributed by atoms with Crippen LogP contribution in [0.4, 0.5) is 5.13 Å². The van der Waals surface area contributed by atoms with Crippen LogP contribution in [0, 0.1) is 6.92 Å². The molecule has 0 aliphatic rings. The van der Waals surface area contributed by atoms with Crippen molar-refractivity contribution >= 4 is 34.0 Å². The molecule has 3 rings (SSSR count). The van der Waals surface area contributed by atoms with Gasteiger partial charge in [-0.2, -0.15) is 0 Å². The number of anilines is 1. The number of thiazole rings is 1. The molecule has 0 aliphatic carbocycles. The summed E-state index contributed by atoms with van der Waals surface area (Å²) in [7, 11) is 0. The molecule has 6 heteroatoms. The molecule has 0 bridgehead atoms. The van der Waals surface area contributed by atoms with Gasteiger partial charge in [-0.05, 0) is 43.2 Å². The summed E-state index contributed by atoms with van der Waals surface area (Å²) in [5.41, 5.74) is 2.98. The van der Waals surface area contributed by atoms with Gasteiger partial charge in [-0.1, -0.05) is 42.8 Å². The van der Waals surface area contributed by atoms with Gasteiger partial charge in [0.25, 0.3) is 5.91 Å². The van der Waals surface area contributed by atoms with Crippen LogP contribution >= 0.6 is 22.9 Å². The van der Waals surface area contributed by atoms with Crippen molar-refractivity contribution in [3.8, 4) is 17.0 Å². The minimum Gasteiger partial charge on any atom is -0.484 e. The number of nitrogens with zero attached hydrogens (tertiary/aromatic N) is 1. The first kappa shape index (κ1) is 18.4. The van der Waals surface area contributed by atoms with Gasteiger partial charge < -0.3 is 4.74 Å². The van der Waals surface area contributed by atoms with Crippen LogP contribution in [0.1, 0.15) is 17.4 Å². The molecule has 1 aromatic heterocycles. The summed E-state index contributed by atoms with van der Waals surface area (Å²) in [6.07, 6.45) is 0.971. The zero-order valence-electron chi connectivity index (χ0n) is 14.6. The van der Waals surface area contributed by atoms with Crippen LogP contribution in [0.5, 0.6) is 5.75 Å².